The minimum absolute atomic E-state index is 0.323. The van der Waals surface area contributed by atoms with Crippen LogP contribution in [0, 0.1) is 0 Å². The zero-order valence-corrected chi connectivity index (χ0v) is 16.6. The molecule has 0 saturated heterocycles. The topological polar surface area (TPSA) is 91.8 Å². The van der Waals surface area contributed by atoms with Gasteiger partial charge in [0.2, 0.25) is 5.13 Å². The van der Waals surface area contributed by atoms with Crippen LogP contribution in [0.3, 0.4) is 0 Å². The SMILES string of the molecule is COc1ccc(C(=O)Nc2nnc(-c3ccc(OC)c(OC)c3)s2)cc1OC. The maximum atomic E-state index is 12.5. The minimum atomic E-state index is -0.323. The Kier molecular flexibility index (Phi) is 5.95. The summed E-state index contributed by atoms with van der Waals surface area (Å²) >= 11 is 1.25. The Morgan fingerprint density at radius 3 is 2.07 bits per heavy atom. The monoisotopic (exact) mass is 401 g/mol. The van der Waals surface area contributed by atoms with Crippen LogP contribution >= 0.6 is 11.3 Å². The normalized spacial score (nSPS) is 10.3. The van der Waals surface area contributed by atoms with Gasteiger partial charge < -0.3 is 18.9 Å². The second-order valence-electron chi connectivity index (χ2n) is 5.51. The maximum absolute atomic E-state index is 12.5. The molecule has 28 heavy (non-hydrogen) atoms. The molecule has 0 aliphatic carbocycles. The van der Waals surface area contributed by atoms with Gasteiger partial charge in [-0.2, -0.15) is 0 Å². The third-order valence-corrected chi connectivity index (χ3v) is 4.81. The number of nitrogens with zero attached hydrogens (tertiary/aromatic N) is 2. The fourth-order valence-electron chi connectivity index (χ4n) is 2.51. The lowest BCUT2D eigenvalue weighted by molar-refractivity contribution is 0.102. The lowest BCUT2D eigenvalue weighted by Gasteiger charge is -2.09. The number of amides is 1. The van der Waals surface area contributed by atoms with E-state index >= 15 is 0 Å². The van der Waals surface area contributed by atoms with Crippen LogP contribution in [-0.4, -0.2) is 44.5 Å². The van der Waals surface area contributed by atoms with E-state index in [-0.39, 0.29) is 5.91 Å². The Morgan fingerprint density at radius 1 is 0.821 bits per heavy atom. The van der Waals surface area contributed by atoms with Gasteiger partial charge in [0.1, 0.15) is 5.01 Å². The number of carbonyl (C=O) groups is 1. The Balaban J connectivity index is 1.78. The molecule has 0 bridgehead atoms. The zero-order chi connectivity index (χ0) is 20.1. The first-order valence-electron chi connectivity index (χ1n) is 8.19. The number of nitrogens with one attached hydrogen (secondary N) is 1. The summed E-state index contributed by atoms with van der Waals surface area (Å²) in [6, 6.07) is 10.4. The number of benzene rings is 2. The molecule has 1 heterocycles. The van der Waals surface area contributed by atoms with Crippen LogP contribution in [0.2, 0.25) is 0 Å². The van der Waals surface area contributed by atoms with Gasteiger partial charge in [0.25, 0.3) is 5.91 Å². The molecule has 0 fully saturated rings. The van der Waals surface area contributed by atoms with Crippen LogP contribution in [0.4, 0.5) is 5.13 Å². The summed E-state index contributed by atoms with van der Waals surface area (Å²) in [4.78, 5) is 12.5. The van der Waals surface area contributed by atoms with Gasteiger partial charge in [-0.15, -0.1) is 10.2 Å². The molecule has 0 radical (unpaired) electrons. The molecule has 8 nitrogen and oxygen atoms in total. The van der Waals surface area contributed by atoms with Crippen molar-refractivity contribution in [3.63, 3.8) is 0 Å². The second-order valence-corrected chi connectivity index (χ2v) is 6.48. The van der Waals surface area contributed by atoms with Crippen LogP contribution in [0.5, 0.6) is 23.0 Å². The van der Waals surface area contributed by atoms with E-state index in [1.807, 2.05) is 6.07 Å². The summed E-state index contributed by atoms with van der Waals surface area (Å²) in [6.45, 7) is 0. The largest absolute Gasteiger partial charge is 0.493 e. The van der Waals surface area contributed by atoms with Gasteiger partial charge in [-0.25, -0.2) is 0 Å². The molecule has 1 aromatic heterocycles. The summed E-state index contributed by atoms with van der Waals surface area (Å²) in [5.41, 5.74) is 1.22. The van der Waals surface area contributed by atoms with Gasteiger partial charge >= 0.3 is 0 Å². The van der Waals surface area contributed by atoms with Crippen LogP contribution < -0.4 is 24.3 Å². The van der Waals surface area contributed by atoms with Crippen molar-refractivity contribution in [3.05, 3.63) is 42.0 Å². The average molecular weight is 401 g/mol. The molecule has 1 amide bonds. The minimum Gasteiger partial charge on any atom is -0.493 e. The number of anilines is 1. The summed E-state index contributed by atoms with van der Waals surface area (Å²) in [5.74, 6) is 1.91. The van der Waals surface area contributed by atoms with Crippen molar-refractivity contribution in [1.29, 1.82) is 0 Å². The lowest BCUT2D eigenvalue weighted by atomic mass is 10.2. The van der Waals surface area contributed by atoms with Crippen molar-refractivity contribution in [2.75, 3.05) is 33.8 Å². The highest BCUT2D eigenvalue weighted by molar-refractivity contribution is 7.18. The highest BCUT2D eigenvalue weighted by atomic mass is 32.1. The number of hydrogen-bond acceptors (Lipinski definition) is 8. The Labute approximate surface area is 166 Å². The van der Waals surface area contributed by atoms with Gasteiger partial charge in [-0.05, 0) is 36.4 Å². The van der Waals surface area contributed by atoms with Crippen molar-refractivity contribution in [1.82, 2.24) is 10.2 Å². The van der Waals surface area contributed by atoms with E-state index in [1.165, 1.54) is 25.6 Å². The molecule has 0 aliphatic heterocycles. The first kappa shape index (κ1) is 19.4. The standard InChI is InChI=1S/C19H19N3O5S/c1-24-13-7-5-11(9-15(13)26-3)17(23)20-19-22-21-18(28-19)12-6-8-14(25-2)16(10-12)27-4/h5-10H,1-4H3,(H,20,22,23). The fourth-order valence-corrected chi connectivity index (χ4v) is 3.24. The van der Waals surface area contributed by atoms with Crippen molar-refractivity contribution in [2.45, 2.75) is 0 Å². The molecular formula is C19H19N3O5S. The van der Waals surface area contributed by atoms with Crippen LogP contribution in [0.1, 0.15) is 10.4 Å². The molecule has 0 spiro atoms. The third-order valence-electron chi connectivity index (χ3n) is 3.92. The van der Waals surface area contributed by atoms with E-state index in [0.717, 1.165) is 5.56 Å². The Hall–Kier alpha value is -3.33. The van der Waals surface area contributed by atoms with E-state index in [4.69, 9.17) is 18.9 Å². The molecule has 3 aromatic rings. The molecule has 146 valence electrons. The lowest BCUT2D eigenvalue weighted by Crippen LogP contribution is -2.11. The van der Waals surface area contributed by atoms with E-state index < -0.39 is 0 Å². The highest BCUT2D eigenvalue weighted by Gasteiger charge is 2.15. The van der Waals surface area contributed by atoms with Gasteiger partial charge in [0.15, 0.2) is 23.0 Å². The summed E-state index contributed by atoms with van der Waals surface area (Å²) in [5, 5.41) is 11.9. The van der Waals surface area contributed by atoms with Gasteiger partial charge in [-0.1, -0.05) is 11.3 Å². The smallest absolute Gasteiger partial charge is 0.257 e. The Bertz CT molecular complexity index is 989. The molecule has 0 saturated carbocycles. The molecule has 0 aliphatic rings. The Morgan fingerprint density at radius 2 is 1.43 bits per heavy atom. The number of methoxy groups -OCH3 is 4. The second kappa shape index (κ2) is 8.57. The van der Waals surface area contributed by atoms with Crippen LogP contribution in [0.25, 0.3) is 10.6 Å². The third kappa shape index (κ3) is 3.99. The van der Waals surface area contributed by atoms with Crippen LogP contribution in [-0.2, 0) is 0 Å². The molecule has 2 aromatic carbocycles. The van der Waals surface area contributed by atoms with E-state index in [1.54, 1.807) is 44.6 Å². The van der Waals surface area contributed by atoms with Crippen molar-refractivity contribution < 1.29 is 23.7 Å². The van der Waals surface area contributed by atoms with Gasteiger partial charge in [-0.3, -0.25) is 10.1 Å². The predicted molar refractivity (Wildman–Crippen MR) is 106 cm³/mol. The van der Waals surface area contributed by atoms with Gasteiger partial charge in [0, 0.05) is 11.1 Å². The van der Waals surface area contributed by atoms with E-state index in [0.29, 0.717) is 38.7 Å². The fraction of sp³-hybridized carbons (Fsp3) is 0.211. The molecule has 3 rings (SSSR count). The number of aromatic nitrogens is 2. The molecule has 0 atom stereocenters. The molecule has 9 heteroatoms. The zero-order valence-electron chi connectivity index (χ0n) is 15.8. The summed E-state index contributed by atoms with van der Waals surface area (Å²) in [7, 11) is 6.19. The number of hydrogen-bond donors (Lipinski definition) is 1. The van der Waals surface area contributed by atoms with Crippen molar-refractivity contribution in [2.24, 2.45) is 0 Å². The summed E-state index contributed by atoms with van der Waals surface area (Å²) in [6.07, 6.45) is 0. The average Bonchev–Trinajstić information content (AvgIpc) is 3.20. The van der Waals surface area contributed by atoms with Crippen molar-refractivity contribution >= 4 is 22.4 Å². The van der Waals surface area contributed by atoms with E-state index in [2.05, 4.69) is 15.5 Å². The summed E-state index contributed by atoms with van der Waals surface area (Å²) < 4.78 is 21.0. The first-order chi connectivity index (χ1) is 13.6. The predicted octanol–water partition coefficient (Wildman–Crippen LogP) is 3.49. The quantitative estimate of drug-likeness (QED) is 0.648. The first-order valence-corrected chi connectivity index (χ1v) is 9.00. The molecule has 0 unspecified atom stereocenters. The van der Waals surface area contributed by atoms with Crippen LogP contribution in [0.15, 0.2) is 36.4 Å². The number of carbonyl (C=O) groups excluding carboxylic acids is 1. The molecule has 1 N–H and O–H groups in total. The number of ether oxygens (including phenoxy) is 4. The highest BCUT2D eigenvalue weighted by Crippen LogP contribution is 2.34. The van der Waals surface area contributed by atoms with Gasteiger partial charge in [0.05, 0.1) is 28.4 Å². The maximum Gasteiger partial charge on any atom is 0.257 e. The van der Waals surface area contributed by atoms with Crippen molar-refractivity contribution in [3.8, 4) is 33.6 Å². The molecular weight excluding hydrogens is 382 g/mol. The van der Waals surface area contributed by atoms with E-state index in [9.17, 15) is 4.79 Å². The number of rotatable bonds is 7.